The molecular formula is C26H23N5O4S. The van der Waals surface area contributed by atoms with Gasteiger partial charge in [0.2, 0.25) is 5.16 Å². The molecule has 0 aliphatic carbocycles. The van der Waals surface area contributed by atoms with Gasteiger partial charge >= 0.3 is 0 Å². The van der Waals surface area contributed by atoms with Crippen LogP contribution in [-0.4, -0.2) is 44.5 Å². The van der Waals surface area contributed by atoms with Crippen molar-refractivity contribution in [3.63, 3.8) is 0 Å². The van der Waals surface area contributed by atoms with Gasteiger partial charge in [-0.1, -0.05) is 36.0 Å². The average Bonchev–Trinajstić information content (AvgIpc) is 3.19. The maximum absolute atomic E-state index is 13.2. The van der Waals surface area contributed by atoms with E-state index >= 15 is 0 Å². The first-order chi connectivity index (χ1) is 17.7. The number of methoxy groups -OCH3 is 1. The van der Waals surface area contributed by atoms with Gasteiger partial charge in [-0.3, -0.25) is 4.79 Å². The first kappa shape index (κ1) is 22.4. The second-order valence-corrected chi connectivity index (χ2v) is 9.29. The number of hydrogen-bond donors (Lipinski definition) is 0. The number of benzene rings is 2. The molecule has 0 saturated carbocycles. The van der Waals surface area contributed by atoms with Gasteiger partial charge in [-0.25, -0.2) is 4.98 Å². The Morgan fingerprint density at radius 2 is 1.94 bits per heavy atom. The van der Waals surface area contributed by atoms with Crippen molar-refractivity contribution >= 4 is 28.4 Å². The molecule has 0 radical (unpaired) electrons. The summed E-state index contributed by atoms with van der Waals surface area (Å²) < 4.78 is 20.2. The van der Waals surface area contributed by atoms with Gasteiger partial charge in [-0.2, -0.15) is 9.50 Å². The fourth-order valence-electron chi connectivity index (χ4n) is 4.19. The van der Waals surface area contributed by atoms with Crippen LogP contribution in [0.25, 0.3) is 16.7 Å². The molecule has 0 unspecified atom stereocenters. The first-order valence-electron chi connectivity index (χ1n) is 11.6. The normalized spacial score (nSPS) is 13.1. The minimum absolute atomic E-state index is 0.148. The number of hydrogen-bond acceptors (Lipinski definition) is 8. The molecule has 182 valence electrons. The van der Waals surface area contributed by atoms with Crippen LogP contribution >= 0.6 is 11.8 Å². The Morgan fingerprint density at radius 3 is 2.83 bits per heavy atom. The van der Waals surface area contributed by atoms with E-state index in [1.54, 1.807) is 28.6 Å². The van der Waals surface area contributed by atoms with Gasteiger partial charge in [0.15, 0.2) is 11.5 Å². The number of rotatable bonds is 6. The minimum atomic E-state index is -0.148. The maximum atomic E-state index is 13.2. The number of nitrogens with zero attached hydrogens (tertiary/aromatic N) is 5. The zero-order valence-corrected chi connectivity index (χ0v) is 20.4. The summed E-state index contributed by atoms with van der Waals surface area (Å²) in [6.45, 7) is 1.71. The Morgan fingerprint density at radius 1 is 1.08 bits per heavy atom. The molecule has 0 bridgehead atoms. The summed E-state index contributed by atoms with van der Waals surface area (Å²) in [6.07, 6.45) is 4.21. The SMILES string of the molecule is COc1ccccc1Cn1ccc2c(cnc3nc(SCc4ccc5c(c4)OCCCO5)nn32)c1=O. The van der Waals surface area contributed by atoms with Crippen LogP contribution in [0.4, 0.5) is 0 Å². The van der Waals surface area contributed by atoms with Crippen molar-refractivity contribution < 1.29 is 14.2 Å². The summed E-state index contributed by atoms with van der Waals surface area (Å²) in [4.78, 5) is 22.2. The Labute approximate surface area is 210 Å². The molecule has 1 aliphatic rings. The van der Waals surface area contributed by atoms with Crippen LogP contribution in [0.15, 0.2) is 70.9 Å². The van der Waals surface area contributed by atoms with E-state index in [4.69, 9.17) is 14.2 Å². The molecule has 4 heterocycles. The highest BCUT2D eigenvalue weighted by Crippen LogP contribution is 2.32. The molecule has 0 amide bonds. The maximum Gasteiger partial charge on any atom is 0.261 e. The fourth-order valence-corrected chi connectivity index (χ4v) is 4.95. The molecule has 36 heavy (non-hydrogen) atoms. The molecule has 9 nitrogen and oxygen atoms in total. The lowest BCUT2D eigenvalue weighted by atomic mass is 10.2. The average molecular weight is 502 g/mol. The van der Waals surface area contributed by atoms with E-state index in [2.05, 4.69) is 15.1 Å². The lowest BCUT2D eigenvalue weighted by molar-refractivity contribution is 0.297. The van der Waals surface area contributed by atoms with Crippen LogP contribution in [0, 0.1) is 0 Å². The second-order valence-electron chi connectivity index (χ2n) is 8.34. The number of ether oxygens (including phenoxy) is 3. The topological polar surface area (TPSA) is 92.8 Å². The number of pyridine rings is 1. The van der Waals surface area contributed by atoms with Crippen molar-refractivity contribution in [2.75, 3.05) is 20.3 Å². The third-order valence-electron chi connectivity index (χ3n) is 6.00. The highest BCUT2D eigenvalue weighted by atomic mass is 32.2. The molecule has 6 rings (SSSR count). The van der Waals surface area contributed by atoms with Crippen molar-refractivity contribution in [2.45, 2.75) is 23.9 Å². The molecule has 0 atom stereocenters. The molecule has 10 heteroatoms. The van der Waals surface area contributed by atoms with Crippen LogP contribution in [0.5, 0.6) is 17.2 Å². The summed E-state index contributed by atoms with van der Waals surface area (Å²) in [7, 11) is 1.62. The zero-order valence-electron chi connectivity index (χ0n) is 19.6. The standard InChI is InChI=1S/C26H23N5O4S/c1-33-21-6-3-2-5-18(21)15-30-10-9-20-19(24(30)32)14-27-25-28-26(29-31(20)25)36-16-17-7-8-22-23(13-17)35-12-4-11-34-22/h2-3,5-10,13-14H,4,11-12,15-16H2,1H3. The van der Waals surface area contributed by atoms with E-state index in [1.807, 2.05) is 48.5 Å². The monoisotopic (exact) mass is 501 g/mol. The third kappa shape index (κ3) is 4.24. The van der Waals surface area contributed by atoms with E-state index in [1.165, 1.54) is 11.8 Å². The third-order valence-corrected chi connectivity index (χ3v) is 6.91. The van der Waals surface area contributed by atoms with Gasteiger partial charge in [0.05, 0.1) is 37.8 Å². The van der Waals surface area contributed by atoms with Crippen LogP contribution in [0.3, 0.4) is 0 Å². The van der Waals surface area contributed by atoms with Crippen LogP contribution in [0.2, 0.25) is 0 Å². The van der Waals surface area contributed by atoms with Gasteiger partial charge < -0.3 is 18.8 Å². The van der Waals surface area contributed by atoms with Gasteiger partial charge in [0.25, 0.3) is 11.3 Å². The molecule has 0 saturated heterocycles. The molecular weight excluding hydrogens is 478 g/mol. The van der Waals surface area contributed by atoms with E-state index in [-0.39, 0.29) is 5.56 Å². The Hall–Kier alpha value is -4.05. The van der Waals surface area contributed by atoms with Gasteiger partial charge in [0.1, 0.15) is 5.75 Å². The van der Waals surface area contributed by atoms with Crippen LogP contribution in [0.1, 0.15) is 17.5 Å². The molecule has 0 N–H and O–H groups in total. The Balaban J connectivity index is 1.26. The fraction of sp³-hybridized carbons (Fsp3) is 0.231. The van der Waals surface area contributed by atoms with Crippen molar-refractivity contribution in [3.05, 3.63) is 82.4 Å². The number of fused-ring (bicyclic) bond motifs is 4. The lowest BCUT2D eigenvalue weighted by Gasteiger charge is -2.11. The molecule has 0 fully saturated rings. The Kier molecular flexibility index (Phi) is 5.94. The first-order valence-corrected chi connectivity index (χ1v) is 12.6. The molecule has 0 spiro atoms. The van der Waals surface area contributed by atoms with E-state index in [9.17, 15) is 4.79 Å². The number of thioether (sulfide) groups is 1. The van der Waals surface area contributed by atoms with Crippen molar-refractivity contribution in [2.24, 2.45) is 0 Å². The van der Waals surface area contributed by atoms with Gasteiger partial charge in [-0.05, 0) is 29.8 Å². The highest BCUT2D eigenvalue weighted by Gasteiger charge is 2.14. The summed E-state index contributed by atoms with van der Waals surface area (Å²) in [5, 5.41) is 5.68. The van der Waals surface area contributed by atoms with Gasteiger partial charge in [0, 0.05) is 30.1 Å². The largest absolute Gasteiger partial charge is 0.496 e. The summed E-state index contributed by atoms with van der Waals surface area (Å²) in [5.41, 5.74) is 2.52. The number of aromatic nitrogens is 5. The Bertz CT molecular complexity index is 1630. The number of para-hydroxylation sites is 1. The van der Waals surface area contributed by atoms with Gasteiger partial charge in [-0.15, -0.1) is 5.10 Å². The van der Waals surface area contributed by atoms with E-state index < -0.39 is 0 Å². The lowest BCUT2D eigenvalue weighted by Crippen LogP contribution is -2.21. The van der Waals surface area contributed by atoms with E-state index in [0.29, 0.717) is 47.3 Å². The smallest absolute Gasteiger partial charge is 0.261 e. The predicted octanol–water partition coefficient (Wildman–Crippen LogP) is 3.95. The van der Waals surface area contributed by atoms with Crippen LogP contribution in [-0.2, 0) is 12.3 Å². The summed E-state index contributed by atoms with van der Waals surface area (Å²) in [5.74, 6) is 3.40. The van der Waals surface area contributed by atoms with Crippen molar-refractivity contribution in [1.29, 1.82) is 0 Å². The summed E-state index contributed by atoms with van der Waals surface area (Å²) in [6, 6.07) is 15.5. The zero-order chi connectivity index (χ0) is 24.5. The molecule has 2 aromatic carbocycles. The highest BCUT2D eigenvalue weighted by molar-refractivity contribution is 7.98. The van der Waals surface area contributed by atoms with Crippen LogP contribution < -0.4 is 19.8 Å². The molecule has 5 aromatic rings. The summed E-state index contributed by atoms with van der Waals surface area (Å²) >= 11 is 1.50. The molecule has 1 aliphatic heterocycles. The molecule has 3 aromatic heterocycles. The van der Waals surface area contributed by atoms with E-state index in [0.717, 1.165) is 34.8 Å². The van der Waals surface area contributed by atoms with Crippen molar-refractivity contribution in [1.82, 2.24) is 24.1 Å². The second kappa shape index (κ2) is 9.54. The minimum Gasteiger partial charge on any atom is -0.496 e. The van der Waals surface area contributed by atoms with Crippen molar-refractivity contribution in [3.8, 4) is 17.2 Å². The quantitative estimate of drug-likeness (QED) is 0.323. The predicted molar refractivity (Wildman–Crippen MR) is 136 cm³/mol.